The molecule has 3 aromatic rings. The molecule has 1 fully saturated rings. The minimum absolute atomic E-state index is 0.0285. The summed E-state index contributed by atoms with van der Waals surface area (Å²) in [6, 6.07) is 21.0. The molecule has 1 aliphatic rings. The number of nitrogens with two attached hydrogens (primary N) is 1. The molecule has 0 bridgehead atoms. The Hall–Kier alpha value is -3.93. The number of benzene rings is 3. The van der Waals surface area contributed by atoms with E-state index < -0.39 is 30.9 Å². The lowest BCUT2D eigenvalue weighted by atomic mass is 10.00. The van der Waals surface area contributed by atoms with Crippen LogP contribution in [0.3, 0.4) is 0 Å². The van der Waals surface area contributed by atoms with Crippen LogP contribution in [0.15, 0.2) is 72.8 Å². The summed E-state index contributed by atoms with van der Waals surface area (Å²) in [6.45, 7) is -0.0927. The number of alkyl halides is 2. The Morgan fingerprint density at radius 1 is 1.05 bits per heavy atom. The van der Waals surface area contributed by atoms with Crippen LogP contribution in [-0.2, 0) is 27.1 Å². The molecule has 11 heteroatoms. The summed E-state index contributed by atoms with van der Waals surface area (Å²) in [7, 11) is 0. The predicted molar refractivity (Wildman–Crippen MR) is 154 cm³/mol. The minimum atomic E-state index is -2.65. The Balaban J connectivity index is 1.24. The van der Waals surface area contributed by atoms with Crippen molar-refractivity contribution in [2.24, 2.45) is 5.73 Å². The van der Waals surface area contributed by atoms with Gasteiger partial charge in [-0.25, -0.2) is 18.0 Å². The number of aryl methyl sites for hydroxylation is 1. The zero-order valence-corrected chi connectivity index (χ0v) is 23.0. The van der Waals surface area contributed by atoms with Gasteiger partial charge in [-0.3, -0.25) is 4.79 Å². The van der Waals surface area contributed by atoms with Gasteiger partial charge >= 0.3 is 6.09 Å². The highest BCUT2D eigenvalue weighted by molar-refractivity contribution is 5.95. The summed E-state index contributed by atoms with van der Waals surface area (Å²) in [5.41, 5.74) is 10.4. The summed E-state index contributed by atoms with van der Waals surface area (Å²) in [4.78, 5) is 24.4. The van der Waals surface area contributed by atoms with Crippen LogP contribution in [0.2, 0.25) is 0 Å². The van der Waals surface area contributed by atoms with Gasteiger partial charge in [0.1, 0.15) is 12.4 Å². The smallest absolute Gasteiger partial charge is 0.407 e. The molecule has 0 saturated carbocycles. The SMILES string of the molecule is N[C@@H](Cc1ccc(-c2ccccc2)cc1)C(=O)Nc1ccc(F)cc1CC[C@@H]1CN[C@H](COC(=O)NCC(F)F)CO1. The topological polar surface area (TPSA) is 115 Å². The first-order valence-electron chi connectivity index (χ1n) is 13.8. The van der Waals surface area contributed by atoms with E-state index in [9.17, 15) is 22.8 Å². The molecule has 3 aromatic carbocycles. The number of halogens is 3. The molecule has 5 N–H and O–H groups in total. The van der Waals surface area contributed by atoms with Gasteiger partial charge in [-0.2, -0.15) is 0 Å². The van der Waals surface area contributed by atoms with E-state index in [4.69, 9.17) is 15.2 Å². The van der Waals surface area contributed by atoms with E-state index in [1.54, 1.807) is 0 Å². The second-order valence-corrected chi connectivity index (χ2v) is 10.1. The highest BCUT2D eigenvalue weighted by Gasteiger charge is 2.23. The number of hydrogen-bond donors (Lipinski definition) is 4. The maximum atomic E-state index is 14.1. The highest BCUT2D eigenvalue weighted by atomic mass is 19.3. The standard InChI is InChI=1S/C31H35F3N4O4/c32-24-11-13-28(38-30(39)27(35)14-20-6-8-22(9-7-20)21-4-2-1-3-5-21)23(15-24)10-12-26-16-36-25(18-41-26)19-42-31(40)37-17-29(33)34/h1-9,11,13,15,25-27,29,36H,10,12,14,16-19,35H2,(H,37,40)(H,38,39)/t25-,26+,27-/m0/s1. The Morgan fingerprint density at radius 3 is 2.48 bits per heavy atom. The minimum Gasteiger partial charge on any atom is -0.448 e. The van der Waals surface area contributed by atoms with E-state index >= 15 is 0 Å². The second kappa shape index (κ2) is 15.3. The molecule has 0 radical (unpaired) electrons. The number of alkyl carbamates (subject to hydrolysis) is 1. The molecule has 1 aliphatic heterocycles. The largest absolute Gasteiger partial charge is 0.448 e. The van der Waals surface area contributed by atoms with Crippen molar-refractivity contribution >= 4 is 17.7 Å². The lowest BCUT2D eigenvalue weighted by Crippen LogP contribution is -2.49. The van der Waals surface area contributed by atoms with Gasteiger partial charge < -0.3 is 31.2 Å². The monoisotopic (exact) mass is 584 g/mol. The van der Waals surface area contributed by atoms with Crippen LogP contribution in [0, 0.1) is 5.82 Å². The van der Waals surface area contributed by atoms with Gasteiger partial charge in [0, 0.05) is 12.2 Å². The Bertz CT molecular complexity index is 1300. The van der Waals surface area contributed by atoms with E-state index in [1.165, 1.54) is 18.2 Å². The first-order chi connectivity index (χ1) is 20.3. The van der Waals surface area contributed by atoms with Gasteiger partial charge in [0.2, 0.25) is 5.91 Å². The molecule has 42 heavy (non-hydrogen) atoms. The molecule has 8 nitrogen and oxygen atoms in total. The second-order valence-electron chi connectivity index (χ2n) is 10.1. The van der Waals surface area contributed by atoms with E-state index in [0.29, 0.717) is 37.1 Å². The van der Waals surface area contributed by atoms with E-state index in [1.807, 2.05) is 59.9 Å². The van der Waals surface area contributed by atoms with Crippen LogP contribution in [0.25, 0.3) is 11.1 Å². The van der Waals surface area contributed by atoms with Crippen molar-refractivity contribution in [3.63, 3.8) is 0 Å². The van der Waals surface area contributed by atoms with E-state index in [0.717, 1.165) is 16.7 Å². The summed E-state index contributed by atoms with van der Waals surface area (Å²) in [5, 5.41) is 8.01. The lowest BCUT2D eigenvalue weighted by Gasteiger charge is -2.30. The summed E-state index contributed by atoms with van der Waals surface area (Å²) in [5.74, 6) is -0.790. The van der Waals surface area contributed by atoms with E-state index in [-0.39, 0.29) is 31.3 Å². The molecular weight excluding hydrogens is 549 g/mol. The van der Waals surface area contributed by atoms with Crippen LogP contribution >= 0.6 is 0 Å². The molecule has 224 valence electrons. The van der Waals surface area contributed by atoms with Gasteiger partial charge in [0.15, 0.2) is 0 Å². The number of carbonyl (C=O) groups excluding carboxylic acids is 2. The van der Waals surface area contributed by atoms with Gasteiger partial charge in [-0.05, 0) is 59.7 Å². The van der Waals surface area contributed by atoms with Crippen molar-refractivity contribution in [2.75, 3.05) is 31.6 Å². The van der Waals surface area contributed by atoms with Crippen molar-refractivity contribution in [3.05, 3.63) is 89.7 Å². The summed E-state index contributed by atoms with van der Waals surface area (Å²) in [6.07, 6.45) is -2.43. The highest BCUT2D eigenvalue weighted by Crippen LogP contribution is 2.22. The molecule has 2 amide bonds. The maximum Gasteiger partial charge on any atom is 0.407 e. The van der Waals surface area contributed by atoms with Crippen molar-refractivity contribution in [1.82, 2.24) is 10.6 Å². The van der Waals surface area contributed by atoms with Crippen LogP contribution in [-0.4, -0.2) is 62.9 Å². The third-order valence-electron chi connectivity index (χ3n) is 6.90. The molecule has 0 aromatic heterocycles. The fraction of sp³-hybridized carbons (Fsp3) is 0.355. The van der Waals surface area contributed by atoms with Crippen LogP contribution in [0.1, 0.15) is 17.5 Å². The number of nitrogens with one attached hydrogen (secondary N) is 3. The van der Waals surface area contributed by atoms with Gasteiger partial charge in [0.05, 0.1) is 31.3 Å². The average Bonchev–Trinajstić information content (AvgIpc) is 3.00. The Labute approximate surface area is 242 Å². The first-order valence-corrected chi connectivity index (χ1v) is 13.8. The fourth-order valence-electron chi connectivity index (χ4n) is 4.59. The third-order valence-corrected chi connectivity index (χ3v) is 6.90. The molecule has 0 aliphatic carbocycles. The molecule has 3 atom stereocenters. The number of ether oxygens (including phenoxy) is 2. The van der Waals surface area contributed by atoms with Crippen molar-refractivity contribution in [1.29, 1.82) is 0 Å². The Kier molecular flexibility index (Phi) is 11.3. The van der Waals surface area contributed by atoms with Gasteiger partial charge in [-0.15, -0.1) is 0 Å². The molecule has 0 unspecified atom stereocenters. The number of morpholine rings is 1. The molecular formula is C31H35F3N4O4. The third kappa shape index (κ3) is 9.57. The number of hydrogen-bond acceptors (Lipinski definition) is 6. The average molecular weight is 585 g/mol. The first kappa shape index (κ1) is 31.0. The Morgan fingerprint density at radius 2 is 1.79 bits per heavy atom. The number of anilines is 1. The molecule has 4 rings (SSSR count). The van der Waals surface area contributed by atoms with Gasteiger partial charge in [-0.1, -0.05) is 54.6 Å². The number of rotatable bonds is 12. The lowest BCUT2D eigenvalue weighted by molar-refractivity contribution is -0.117. The number of amides is 2. The van der Waals surface area contributed by atoms with Crippen LogP contribution in [0.4, 0.5) is 23.7 Å². The maximum absolute atomic E-state index is 14.1. The summed E-state index contributed by atoms with van der Waals surface area (Å²) >= 11 is 0. The quantitative estimate of drug-likeness (QED) is 0.253. The van der Waals surface area contributed by atoms with E-state index in [2.05, 4.69) is 10.6 Å². The molecule has 1 heterocycles. The van der Waals surface area contributed by atoms with Crippen molar-refractivity contribution < 1.29 is 32.2 Å². The van der Waals surface area contributed by atoms with Crippen molar-refractivity contribution in [3.8, 4) is 11.1 Å². The summed E-state index contributed by atoms with van der Waals surface area (Å²) < 4.78 is 49.2. The van der Waals surface area contributed by atoms with Crippen molar-refractivity contribution in [2.45, 2.75) is 43.9 Å². The molecule has 1 saturated heterocycles. The number of carbonyl (C=O) groups is 2. The molecule has 0 spiro atoms. The zero-order valence-electron chi connectivity index (χ0n) is 23.0. The van der Waals surface area contributed by atoms with Gasteiger partial charge in [0.25, 0.3) is 6.43 Å². The van der Waals surface area contributed by atoms with Crippen LogP contribution < -0.4 is 21.7 Å². The zero-order chi connectivity index (χ0) is 29.9. The normalized spacial score (nSPS) is 17.5. The predicted octanol–water partition coefficient (Wildman–Crippen LogP) is 4.28. The van der Waals surface area contributed by atoms with Crippen LogP contribution in [0.5, 0.6) is 0 Å². The fourth-order valence-corrected chi connectivity index (χ4v) is 4.59.